The average Bonchev–Trinajstić information content (AvgIpc) is 2.44. The van der Waals surface area contributed by atoms with Gasteiger partial charge in [0.1, 0.15) is 6.10 Å². The van der Waals surface area contributed by atoms with Gasteiger partial charge >= 0.3 is 5.97 Å². The first-order valence-corrected chi connectivity index (χ1v) is 8.00. The summed E-state index contributed by atoms with van der Waals surface area (Å²) >= 11 is 0. The Labute approximate surface area is 123 Å². The van der Waals surface area contributed by atoms with Crippen molar-refractivity contribution in [1.82, 2.24) is 0 Å². The van der Waals surface area contributed by atoms with E-state index in [1.165, 1.54) is 19.3 Å². The number of hydrogen-bond acceptors (Lipinski definition) is 2. The topological polar surface area (TPSA) is 26.3 Å². The molecule has 0 fully saturated rings. The summed E-state index contributed by atoms with van der Waals surface area (Å²) in [5.41, 5.74) is 0. The monoisotopic (exact) mass is 276 g/mol. The lowest BCUT2D eigenvalue weighted by molar-refractivity contribution is -0.146. The van der Waals surface area contributed by atoms with Crippen LogP contribution < -0.4 is 0 Å². The maximum atomic E-state index is 11.8. The van der Waals surface area contributed by atoms with Crippen molar-refractivity contribution in [3.05, 3.63) is 36.5 Å². The second-order valence-corrected chi connectivity index (χ2v) is 5.26. The van der Waals surface area contributed by atoms with Crippen molar-refractivity contribution >= 4 is 5.97 Å². The molecule has 0 aromatic carbocycles. The van der Waals surface area contributed by atoms with E-state index in [4.69, 9.17) is 4.74 Å². The van der Waals surface area contributed by atoms with Gasteiger partial charge in [-0.15, -0.1) is 0 Å². The lowest BCUT2D eigenvalue weighted by Crippen LogP contribution is -2.15. The Morgan fingerprint density at radius 3 is 2.80 bits per heavy atom. The van der Waals surface area contributed by atoms with Gasteiger partial charge in [-0.3, -0.25) is 4.79 Å². The Hall–Kier alpha value is -1.31. The fraction of sp³-hybridized carbons (Fsp3) is 0.611. The molecule has 2 nitrogen and oxygen atoms in total. The molecule has 0 saturated heterocycles. The summed E-state index contributed by atoms with van der Waals surface area (Å²) in [6.45, 7) is 2.11. The van der Waals surface area contributed by atoms with Crippen molar-refractivity contribution in [1.29, 1.82) is 0 Å². The molecule has 112 valence electrons. The summed E-state index contributed by atoms with van der Waals surface area (Å²) in [7, 11) is 0. The molecular formula is C18H28O2. The van der Waals surface area contributed by atoms with Crippen molar-refractivity contribution in [2.75, 3.05) is 0 Å². The minimum atomic E-state index is -0.127. The van der Waals surface area contributed by atoms with Crippen molar-refractivity contribution < 1.29 is 9.53 Å². The molecule has 0 radical (unpaired) electrons. The van der Waals surface area contributed by atoms with Crippen molar-refractivity contribution in [3.8, 4) is 0 Å². The normalized spacial score (nSPS) is 22.6. The molecule has 0 aliphatic carbocycles. The molecule has 20 heavy (non-hydrogen) atoms. The number of cyclic esters (lactones) is 1. The molecule has 0 saturated carbocycles. The van der Waals surface area contributed by atoms with Gasteiger partial charge in [0, 0.05) is 12.8 Å². The van der Waals surface area contributed by atoms with E-state index >= 15 is 0 Å². The van der Waals surface area contributed by atoms with Crippen LogP contribution in [0.1, 0.15) is 64.7 Å². The van der Waals surface area contributed by atoms with Gasteiger partial charge in [0.15, 0.2) is 0 Å². The highest BCUT2D eigenvalue weighted by Crippen LogP contribution is 2.11. The van der Waals surface area contributed by atoms with Crippen LogP contribution in [-0.2, 0) is 9.53 Å². The first-order chi connectivity index (χ1) is 9.83. The molecular weight excluding hydrogens is 248 g/mol. The quantitative estimate of drug-likeness (QED) is 0.529. The standard InChI is InChI=1S/C18H28O2/c1-2-3-11-14-17-15-12-9-7-5-4-6-8-10-13-16-18(19)20-17/h3,7,9,11-12,15,17H,2,4-6,8,10,13-14,16H2,1H3/t17-/m0/s1. The first-order valence-electron chi connectivity index (χ1n) is 8.00. The van der Waals surface area contributed by atoms with Crippen LogP contribution in [0.4, 0.5) is 0 Å². The van der Waals surface area contributed by atoms with Crippen LogP contribution in [0, 0.1) is 0 Å². The van der Waals surface area contributed by atoms with Crippen LogP contribution in [-0.4, -0.2) is 12.1 Å². The van der Waals surface area contributed by atoms with E-state index in [9.17, 15) is 4.79 Å². The van der Waals surface area contributed by atoms with Crippen LogP contribution in [0.15, 0.2) is 36.5 Å². The zero-order valence-electron chi connectivity index (χ0n) is 12.7. The number of carbonyl (C=O) groups excluding carboxylic acids is 1. The molecule has 1 atom stereocenters. The van der Waals surface area contributed by atoms with Gasteiger partial charge in [0.05, 0.1) is 0 Å². The summed E-state index contributed by atoms with van der Waals surface area (Å²) in [5, 5.41) is 0. The minimum absolute atomic E-state index is 0.0643. The van der Waals surface area contributed by atoms with E-state index in [1.54, 1.807) is 0 Å². The molecule has 0 amide bonds. The predicted octanol–water partition coefficient (Wildman–Crippen LogP) is 5.11. The maximum Gasteiger partial charge on any atom is 0.306 e. The number of allylic oxidation sites excluding steroid dienone is 4. The average molecular weight is 276 g/mol. The van der Waals surface area contributed by atoms with Gasteiger partial charge in [-0.05, 0) is 31.8 Å². The fourth-order valence-electron chi connectivity index (χ4n) is 2.22. The molecule has 1 aliphatic rings. The highest BCUT2D eigenvalue weighted by Gasteiger charge is 2.09. The van der Waals surface area contributed by atoms with Crippen LogP contribution in [0.2, 0.25) is 0 Å². The second kappa shape index (κ2) is 11.5. The van der Waals surface area contributed by atoms with Crippen molar-refractivity contribution in [2.24, 2.45) is 0 Å². The number of esters is 1. The van der Waals surface area contributed by atoms with E-state index in [-0.39, 0.29) is 12.1 Å². The summed E-state index contributed by atoms with van der Waals surface area (Å²) in [4.78, 5) is 11.8. The number of ether oxygens (including phenoxy) is 1. The van der Waals surface area contributed by atoms with Gasteiger partial charge in [-0.1, -0.05) is 56.6 Å². The Bertz CT molecular complexity index is 339. The molecule has 1 rings (SSSR count). The molecule has 1 aliphatic heterocycles. The Morgan fingerprint density at radius 1 is 1.15 bits per heavy atom. The van der Waals surface area contributed by atoms with Crippen LogP contribution >= 0.6 is 0 Å². The predicted molar refractivity (Wildman–Crippen MR) is 84.5 cm³/mol. The van der Waals surface area contributed by atoms with E-state index in [2.05, 4.69) is 31.2 Å². The second-order valence-electron chi connectivity index (χ2n) is 5.26. The van der Waals surface area contributed by atoms with E-state index < -0.39 is 0 Å². The lowest BCUT2D eigenvalue weighted by atomic mass is 10.1. The Morgan fingerprint density at radius 2 is 1.95 bits per heavy atom. The largest absolute Gasteiger partial charge is 0.458 e. The van der Waals surface area contributed by atoms with Crippen LogP contribution in [0.3, 0.4) is 0 Å². The zero-order chi connectivity index (χ0) is 14.5. The molecule has 0 aromatic rings. The smallest absolute Gasteiger partial charge is 0.306 e. The number of hydrogen-bond donors (Lipinski definition) is 0. The lowest BCUT2D eigenvalue weighted by Gasteiger charge is -2.12. The molecule has 0 spiro atoms. The third-order valence-corrected chi connectivity index (χ3v) is 3.38. The Balaban J connectivity index is 2.56. The first kappa shape index (κ1) is 16.7. The maximum absolute atomic E-state index is 11.8. The summed E-state index contributed by atoms with van der Waals surface area (Å²) < 4.78 is 5.53. The van der Waals surface area contributed by atoms with E-state index in [1.807, 2.05) is 12.2 Å². The zero-order valence-corrected chi connectivity index (χ0v) is 12.7. The molecule has 1 heterocycles. The molecule has 0 N–H and O–H groups in total. The highest BCUT2D eigenvalue weighted by molar-refractivity contribution is 5.69. The summed E-state index contributed by atoms with van der Waals surface area (Å²) in [6.07, 6.45) is 21.6. The van der Waals surface area contributed by atoms with E-state index in [0.717, 1.165) is 32.1 Å². The number of rotatable bonds is 3. The SMILES string of the molecule is CCC=CC[C@H]1C=CC=CCCCCCCCC(=O)O1. The van der Waals surface area contributed by atoms with Gasteiger partial charge in [-0.2, -0.15) is 0 Å². The number of carbonyl (C=O) groups is 1. The summed E-state index contributed by atoms with van der Waals surface area (Å²) in [6, 6.07) is 0. The fourth-order valence-corrected chi connectivity index (χ4v) is 2.22. The van der Waals surface area contributed by atoms with Crippen molar-refractivity contribution in [3.63, 3.8) is 0 Å². The van der Waals surface area contributed by atoms with Gasteiger partial charge < -0.3 is 4.74 Å². The minimum Gasteiger partial charge on any atom is -0.458 e. The molecule has 0 unspecified atom stereocenters. The molecule has 0 aromatic heterocycles. The molecule has 2 heteroatoms. The van der Waals surface area contributed by atoms with Gasteiger partial charge in [0.2, 0.25) is 0 Å². The van der Waals surface area contributed by atoms with Crippen LogP contribution in [0.25, 0.3) is 0 Å². The van der Waals surface area contributed by atoms with E-state index in [0.29, 0.717) is 6.42 Å². The summed E-state index contributed by atoms with van der Waals surface area (Å²) in [5.74, 6) is -0.0643. The van der Waals surface area contributed by atoms with Gasteiger partial charge in [0.25, 0.3) is 0 Å². The Kier molecular flexibility index (Phi) is 9.64. The van der Waals surface area contributed by atoms with Gasteiger partial charge in [-0.25, -0.2) is 0 Å². The third kappa shape index (κ3) is 8.73. The highest BCUT2D eigenvalue weighted by atomic mass is 16.5. The van der Waals surface area contributed by atoms with Crippen molar-refractivity contribution in [2.45, 2.75) is 70.8 Å². The molecule has 0 bridgehead atoms. The third-order valence-electron chi connectivity index (χ3n) is 3.38. The van der Waals surface area contributed by atoms with Crippen LogP contribution in [0.5, 0.6) is 0 Å².